The van der Waals surface area contributed by atoms with Crippen LogP contribution in [-0.4, -0.2) is 59.9 Å². The van der Waals surface area contributed by atoms with Gasteiger partial charge < -0.3 is 19.6 Å². The predicted molar refractivity (Wildman–Crippen MR) is 121 cm³/mol. The number of methoxy groups -OCH3 is 1. The first-order valence-electron chi connectivity index (χ1n) is 10.6. The van der Waals surface area contributed by atoms with E-state index in [4.69, 9.17) is 4.74 Å². The number of hydrogen-bond acceptors (Lipinski definition) is 5. The number of hydrogen-bond donors (Lipinski definition) is 1. The molecule has 164 valence electrons. The zero-order valence-electron chi connectivity index (χ0n) is 18.6. The smallest absolute Gasteiger partial charge is 0.295 e. The molecule has 6 heteroatoms. The van der Waals surface area contributed by atoms with Crippen molar-refractivity contribution >= 4 is 17.4 Å². The molecule has 1 atom stereocenters. The molecule has 0 aliphatic carbocycles. The molecule has 0 saturated carbocycles. The van der Waals surface area contributed by atoms with Crippen LogP contribution in [0.15, 0.2) is 54.1 Å². The van der Waals surface area contributed by atoms with Crippen LogP contribution in [0.5, 0.6) is 5.75 Å². The second-order valence-corrected chi connectivity index (χ2v) is 7.66. The normalized spacial score (nSPS) is 18.1. The van der Waals surface area contributed by atoms with E-state index in [0.717, 1.165) is 24.2 Å². The highest BCUT2D eigenvalue weighted by Crippen LogP contribution is 2.39. The van der Waals surface area contributed by atoms with Gasteiger partial charge in [-0.15, -0.1) is 0 Å². The van der Waals surface area contributed by atoms with Crippen molar-refractivity contribution in [3.05, 3.63) is 70.8 Å². The lowest BCUT2D eigenvalue weighted by Crippen LogP contribution is -2.38. The second kappa shape index (κ2) is 9.79. The van der Waals surface area contributed by atoms with E-state index in [1.165, 1.54) is 0 Å². The van der Waals surface area contributed by atoms with Crippen molar-refractivity contribution in [2.75, 3.05) is 33.3 Å². The van der Waals surface area contributed by atoms with Crippen molar-refractivity contribution < 1.29 is 19.4 Å². The number of ketones is 1. The van der Waals surface area contributed by atoms with Crippen molar-refractivity contribution in [2.24, 2.45) is 0 Å². The van der Waals surface area contributed by atoms with Crippen molar-refractivity contribution in [1.29, 1.82) is 0 Å². The fourth-order valence-corrected chi connectivity index (χ4v) is 3.90. The summed E-state index contributed by atoms with van der Waals surface area (Å²) in [5, 5.41) is 11.1. The third-order valence-corrected chi connectivity index (χ3v) is 5.85. The molecule has 1 fully saturated rings. The van der Waals surface area contributed by atoms with Gasteiger partial charge in [-0.2, -0.15) is 0 Å². The molecule has 0 bridgehead atoms. The number of likely N-dealkylation sites (tertiary alicyclic amines) is 1. The topological polar surface area (TPSA) is 70.1 Å². The lowest BCUT2D eigenvalue weighted by atomic mass is 9.95. The van der Waals surface area contributed by atoms with Crippen LogP contribution in [0.3, 0.4) is 0 Å². The average molecular weight is 423 g/mol. The van der Waals surface area contributed by atoms with E-state index in [-0.39, 0.29) is 11.3 Å². The first kappa shape index (κ1) is 22.6. The Balaban J connectivity index is 2.08. The zero-order valence-corrected chi connectivity index (χ0v) is 18.6. The molecule has 0 radical (unpaired) electrons. The van der Waals surface area contributed by atoms with Crippen LogP contribution < -0.4 is 4.74 Å². The molecule has 2 aromatic rings. The van der Waals surface area contributed by atoms with Crippen LogP contribution in [0.4, 0.5) is 0 Å². The van der Waals surface area contributed by atoms with Crippen LogP contribution in [0, 0.1) is 6.92 Å². The third kappa shape index (κ3) is 4.64. The minimum absolute atomic E-state index is 0.124. The van der Waals surface area contributed by atoms with Gasteiger partial charge in [0.15, 0.2) is 0 Å². The van der Waals surface area contributed by atoms with Crippen LogP contribution in [0.2, 0.25) is 0 Å². The van der Waals surface area contributed by atoms with Gasteiger partial charge in [-0.05, 0) is 37.7 Å². The van der Waals surface area contributed by atoms with Crippen LogP contribution in [0.25, 0.3) is 5.76 Å². The highest BCUT2D eigenvalue weighted by atomic mass is 16.5. The molecule has 3 rings (SSSR count). The number of Topliss-reactive ketones (excluding diaryl/α,β-unsaturated/α-hetero) is 1. The Hall–Kier alpha value is -3.12. The van der Waals surface area contributed by atoms with Gasteiger partial charge in [0, 0.05) is 18.7 Å². The van der Waals surface area contributed by atoms with E-state index in [1.807, 2.05) is 31.2 Å². The highest BCUT2D eigenvalue weighted by molar-refractivity contribution is 6.46. The quantitative estimate of drug-likeness (QED) is 0.398. The van der Waals surface area contributed by atoms with E-state index in [1.54, 1.807) is 36.3 Å². The number of aliphatic hydroxyl groups excluding tert-OH is 1. The minimum Gasteiger partial charge on any atom is -0.507 e. The molecule has 31 heavy (non-hydrogen) atoms. The fraction of sp³-hybridized carbons (Fsp3) is 0.360. The van der Waals surface area contributed by atoms with E-state index in [2.05, 4.69) is 18.7 Å². The van der Waals surface area contributed by atoms with E-state index >= 15 is 0 Å². The van der Waals surface area contributed by atoms with Gasteiger partial charge in [0.05, 0.1) is 18.7 Å². The van der Waals surface area contributed by atoms with Gasteiger partial charge in [-0.1, -0.05) is 55.8 Å². The van der Waals surface area contributed by atoms with Gasteiger partial charge >= 0.3 is 0 Å². The lowest BCUT2D eigenvalue weighted by molar-refractivity contribution is -0.140. The maximum Gasteiger partial charge on any atom is 0.295 e. The largest absolute Gasteiger partial charge is 0.507 e. The molecule has 1 amide bonds. The van der Waals surface area contributed by atoms with Crippen molar-refractivity contribution in [2.45, 2.75) is 26.8 Å². The van der Waals surface area contributed by atoms with Gasteiger partial charge in [0.2, 0.25) is 0 Å². The lowest BCUT2D eigenvalue weighted by Gasteiger charge is -2.28. The Kier molecular flexibility index (Phi) is 7.13. The molecule has 1 unspecified atom stereocenters. The van der Waals surface area contributed by atoms with Gasteiger partial charge in [0.25, 0.3) is 11.7 Å². The van der Waals surface area contributed by atoms with Gasteiger partial charge in [-0.3, -0.25) is 9.59 Å². The van der Waals surface area contributed by atoms with E-state index in [0.29, 0.717) is 24.4 Å². The Bertz CT molecular complexity index is 960. The monoisotopic (exact) mass is 422 g/mol. The summed E-state index contributed by atoms with van der Waals surface area (Å²) in [6.45, 7) is 8.85. The summed E-state index contributed by atoms with van der Waals surface area (Å²) < 4.78 is 5.25. The Morgan fingerprint density at radius 2 is 1.65 bits per heavy atom. The number of nitrogens with zero attached hydrogens (tertiary/aromatic N) is 2. The minimum atomic E-state index is -0.654. The average Bonchev–Trinajstić information content (AvgIpc) is 3.04. The summed E-state index contributed by atoms with van der Waals surface area (Å²) in [4.78, 5) is 29.8. The molecule has 1 aliphatic heterocycles. The zero-order chi connectivity index (χ0) is 22.5. The van der Waals surface area contributed by atoms with Crippen LogP contribution in [-0.2, 0) is 9.59 Å². The first-order chi connectivity index (χ1) is 14.9. The van der Waals surface area contributed by atoms with Gasteiger partial charge in [0.1, 0.15) is 11.5 Å². The number of amides is 1. The summed E-state index contributed by atoms with van der Waals surface area (Å²) in [6.07, 6.45) is 0. The summed E-state index contributed by atoms with van der Waals surface area (Å²) >= 11 is 0. The van der Waals surface area contributed by atoms with E-state index < -0.39 is 17.7 Å². The third-order valence-electron chi connectivity index (χ3n) is 5.85. The number of aliphatic hydroxyl groups is 1. The summed E-state index contributed by atoms with van der Waals surface area (Å²) in [7, 11) is 1.59. The molecule has 1 heterocycles. The molecule has 1 aliphatic rings. The van der Waals surface area contributed by atoms with Crippen molar-refractivity contribution in [1.82, 2.24) is 9.80 Å². The number of ether oxygens (including phenoxy) is 1. The van der Waals surface area contributed by atoms with Crippen LogP contribution >= 0.6 is 0 Å². The second-order valence-electron chi connectivity index (χ2n) is 7.66. The first-order valence-corrected chi connectivity index (χ1v) is 10.6. The van der Waals surface area contributed by atoms with Crippen molar-refractivity contribution in [3.8, 4) is 5.75 Å². The molecule has 0 aromatic heterocycles. The number of aryl methyl sites for hydroxylation is 1. The highest BCUT2D eigenvalue weighted by Gasteiger charge is 2.45. The SMILES string of the molecule is CCN(CC)CCN1C(=O)C(=O)/C(=C(/O)c2ccc(C)cc2)C1c1ccc(OC)cc1. The number of carbonyl (C=O) groups excluding carboxylic acids is 2. The standard InChI is InChI=1S/C25H30N2O4/c1-5-26(6-2)15-16-27-22(18-11-13-20(31-4)14-12-18)21(24(29)25(27)30)23(28)19-9-7-17(3)8-10-19/h7-14,22,28H,5-6,15-16H2,1-4H3/b23-21+. The number of benzene rings is 2. The number of likely N-dealkylation sites (N-methyl/N-ethyl adjacent to an activating group) is 1. The Morgan fingerprint density at radius 3 is 2.19 bits per heavy atom. The van der Waals surface area contributed by atoms with Crippen LogP contribution in [0.1, 0.15) is 36.6 Å². The number of carbonyl (C=O) groups is 2. The molecular formula is C25H30N2O4. The summed E-state index contributed by atoms with van der Waals surface area (Å²) in [5.74, 6) is -0.702. The Morgan fingerprint density at radius 1 is 1.03 bits per heavy atom. The maximum absolute atomic E-state index is 13.0. The summed E-state index contributed by atoms with van der Waals surface area (Å²) in [6, 6.07) is 13.9. The molecule has 6 nitrogen and oxygen atoms in total. The maximum atomic E-state index is 13.0. The number of rotatable bonds is 8. The van der Waals surface area contributed by atoms with E-state index in [9.17, 15) is 14.7 Å². The molecule has 1 N–H and O–H groups in total. The molecule has 1 saturated heterocycles. The van der Waals surface area contributed by atoms with Crippen molar-refractivity contribution in [3.63, 3.8) is 0 Å². The molecule has 0 spiro atoms. The predicted octanol–water partition coefficient (Wildman–Crippen LogP) is 3.77. The molecular weight excluding hydrogens is 392 g/mol. The van der Waals surface area contributed by atoms with Gasteiger partial charge in [-0.25, -0.2) is 0 Å². The fourth-order valence-electron chi connectivity index (χ4n) is 3.90. The summed E-state index contributed by atoms with van der Waals surface area (Å²) in [5.41, 5.74) is 2.44. The molecule has 2 aromatic carbocycles. The Labute approximate surface area is 183 Å².